The normalized spacial score (nSPS) is 23.5. The van der Waals surface area contributed by atoms with Crippen LogP contribution in [-0.2, 0) is 4.74 Å². The summed E-state index contributed by atoms with van der Waals surface area (Å²) in [6, 6.07) is 0.652. The molecule has 77 valence electrons. The highest BCUT2D eigenvalue weighted by atomic mass is 16.5. The number of ether oxygens (including phenoxy) is 1. The van der Waals surface area contributed by atoms with Crippen molar-refractivity contribution < 1.29 is 4.74 Å². The van der Waals surface area contributed by atoms with Crippen LogP contribution in [0.3, 0.4) is 0 Å². The minimum Gasteiger partial charge on any atom is -0.488 e. The van der Waals surface area contributed by atoms with Gasteiger partial charge in [0.25, 0.3) is 0 Å². The zero-order valence-electron chi connectivity index (χ0n) is 8.94. The average molecular weight is 192 g/mol. The van der Waals surface area contributed by atoms with Crippen molar-refractivity contribution in [3.05, 3.63) is 30.4 Å². The van der Waals surface area contributed by atoms with Gasteiger partial charge in [0.15, 0.2) is 0 Å². The Balaban J connectivity index is 1.73. The van der Waals surface area contributed by atoms with Gasteiger partial charge in [0.1, 0.15) is 11.9 Å². The van der Waals surface area contributed by atoms with Crippen molar-refractivity contribution in [2.45, 2.75) is 32.4 Å². The fourth-order valence-corrected chi connectivity index (χ4v) is 1.74. The molecule has 14 heavy (non-hydrogen) atoms. The molecule has 0 bridgehead atoms. The predicted octanol–water partition coefficient (Wildman–Crippen LogP) is 2.14. The largest absolute Gasteiger partial charge is 0.488 e. The Kier molecular flexibility index (Phi) is 2.92. The molecule has 2 heteroatoms. The van der Waals surface area contributed by atoms with Crippen LogP contribution in [0.25, 0.3) is 0 Å². The number of hydrogen-bond acceptors (Lipinski definition) is 2. The summed E-state index contributed by atoms with van der Waals surface area (Å²) in [6.07, 6.45) is 9.79. The van der Waals surface area contributed by atoms with Gasteiger partial charge in [-0.15, -0.1) is 0 Å². The Labute approximate surface area is 86.2 Å². The van der Waals surface area contributed by atoms with Gasteiger partial charge in [-0.1, -0.05) is 6.08 Å². The molecule has 0 aromatic carbocycles. The molecule has 1 aliphatic heterocycles. The van der Waals surface area contributed by atoms with E-state index in [0.29, 0.717) is 12.1 Å². The van der Waals surface area contributed by atoms with Crippen molar-refractivity contribution in [2.24, 2.45) is 0 Å². The van der Waals surface area contributed by atoms with Gasteiger partial charge in [0, 0.05) is 19.1 Å². The van der Waals surface area contributed by atoms with Gasteiger partial charge in [0.2, 0.25) is 0 Å². The van der Waals surface area contributed by atoms with Crippen LogP contribution in [0.1, 0.15) is 20.3 Å². The first-order valence-corrected chi connectivity index (χ1v) is 5.36. The molecule has 0 unspecified atom stereocenters. The number of nitrogens with zero attached hydrogens (tertiary/aromatic N) is 1. The molecule has 0 saturated carbocycles. The Morgan fingerprint density at radius 1 is 1.43 bits per heavy atom. The third-order valence-electron chi connectivity index (χ3n) is 2.76. The summed E-state index contributed by atoms with van der Waals surface area (Å²) in [4.78, 5) is 2.42. The first-order valence-electron chi connectivity index (χ1n) is 5.36. The van der Waals surface area contributed by atoms with Gasteiger partial charge in [0.05, 0.1) is 0 Å². The number of rotatable bonds is 3. The highest BCUT2D eigenvalue weighted by Gasteiger charge is 2.30. The van der Waals surface area contributed by atoms with Crippen molar-refractivity contribution in [1.82, 2.24) is 4.90 Å². The molecular weight excluding hydrogens is 174 g/mol. The lowest BCUT2D eigenvalue weighted by molar-refractivity contribution is -0.0334. The molecule has 0 amide bonds. The molecule has 2 rings (SSSR count). The summed E-state index contributed by atoms with van der Waals surface area (Å²) in [5, 5.41) is 0. The molecule has 1 heterocycles. The summed E-state index contributed by atoms with van der Waals surface area (Å²) in [7, 11) is 0. The molecule has 2 nitrogen and oxygen atoms in total. The lowest BCUT2D eigenvalue weighted by Crippen LogP contribution is -2.54. The highest BCUT2D eigenvalue weighted by molar-refractivity contribution is 5.22. The average Bonchev–Trinajstić information content (AvgIpc) is 2.12. The van der Waals surface area contributed by atoms with Crippen LogP contribution in [0.15, 0.2) is 24.0 Å². The van der Waals surface area contributed by atoms with E-state index in [0.717, 1.165) is 25.3 Å². The van der Waals surface area contributed by atoms with E-state index in [2.05, 4.69) is 37.3 Å². The molecule has 1 fully saturated rings. The zero-order valence-corrected chi connectivity index (χ0v) is 8.94. The minimum atomic E-state index is 0.409. The second-order valence-electron chi connectivity index (χ2n) is 4.22. The number of hydrogen-bond donors (Lipinski definition) is 0. The van der Waals surface area contributed by atoms with E-state index in [4.69, 9.17) is 4.74 Å². The minimum absolute atomic E-state index is 0.409. The maximum atomic E-state index is 5.82. The number of allylic oxidation sites excluding steroid dienone is 3. The molecule has 0 N–H and O–H groups in total. The Hall–Kier alpha value is -0.760. The first-order chi connectivity index (χ1) is 6.75. The van der Waals surface area contributed by atoms with Gasteiger partial charge < -0.3 is 4.74 Å². The SMILES string of the molecule is CC(C)N1CC(OC2=CC[CH]C=C2)C1. The standard InChI is InChI=1S/C12H18NO/c1-10(2)13-8-12(9-13)14-11-6-4-3-5-7-11/h3-4,6-7,10,12H,5,8-9H2,1-2H3. The molecule has 0 spiro atoms. The van der Waals surface area contributed by atoms with Crippen molar-refractivity contribution >= 4 is 0 Å². The summed E-state index contributed by atoms with van der Waals surface area (Å²) < 4.78 is 5.82. The van der Waals surface area contributed by atoms with E-state index in [9.17, 15) is 0 Å². The summed E-state index contributed by atoms with van der Waals surface area (Å²) in [6.45, 7) is 6.61. The quantitative estimate of drug-likeness (QED) is 0.679. The Morgan fingerprint density at radius 2 is 2.21 bits per heavy atom. The van der Waals surface area contributed by atoms with Crippen LogP contribution >= 0.6 is 0 Å². The van der Waals surface area contributed by atoms with Gasteiger partial charge >= 0.3 is 0 Å². The first kappa shape index (κ1) is 9.78. The monoisotopic (exact) mass is 192 g/mol. The van der Waals surface area contributed by atoms with Gasteiger partial charge in [-0.2, -0.15) is 0 Å². The third kappa shape index (κ3) is 2.18. The maximum Gasteiger partial charge on any atom is 0.124 e. The second-order valence-corrected chi connectivity index (χ2v) is 4.22. The van der Waals surface area contributed by atoms with Gasteiger partial charge in [-0.3, -0.25) is 4.90 Å². The topological polar surface area (TPSA) is 12.5 Å². The Morgan fingerprint density at radius 3 is 2.79 bits per heavy atom. The molecule has 0 atom stereocenters. The predicted molar refractivity (Wildman–Crippen MR) is 57.7 cm³/mol. The number of likely N-dealkylation sites (tertiary alicyclic amines) is 1. The van der Waals surface area contributed by atoms with E-state index in [-0.39, 0.29) is 0 Å². The van der Waals surface area contributed by atoms with Gasteiger partial charge in [-0.05, 0) is 38.8 Å². The van der Waals surface area contributed by atoms with Crippen LogP contribution in [-0.4, -0.2) is 30.1 Å². The third-order valence-corrected chi connectivity index (χ3v) is 2.76. The van der Waals surface area contributed by atoms with E-state index in [1.54, 1.807) is 0 Å². The van der Waals surface area contributed by atoms with E-state index in [1.165, 1.54) is 0 Å². The lowest BCUT2D eigenvalue weighted by Gasteiger charge is -2.41. The van der Waals surface area contributed by atoms with Crippen LogP contribution in [0.2, 0.25) is 0 Å². The molecule has 1 radical (unpaired) electrons. The van der Waals surface area contributed by atoms with Crippen molar-refractivity contribution in [3.63, 3.8) is 0 Å². The second kappa shape index (κ2) is 4.18. The van der Waals surface area contributed by atoms with E-state index < -0.39 is 0 Å². The fourth-order valence-electron chi connectivity index (χ4n) is 1.74. The van der Waals surface area contributed by atoms with Crippen LogP contribution in [0, 0.1) is 6.42 Å². The smallest absolute Gasteiger partial charge is 0.124 e. The fraction of sp³-hybridized carbons (Fsp3) is 0.583. The van der Waals surface area contributed by atoms with Crippen LogP contribution < -0.4 is 0 Å². The Bertz CT molecular complexity index is 249. The van der Waals surface area contributed by atoms with Crippen molar-refractivity contribution in [2.75, 3.05) is 13.1 Å². The van der Waals surface area contributed by atoms with Gasteiger partial charge in [-0.25, -0.2) is 0 Å². The van der Waals surface area contributed by atoms with E-state index >= 15 is 0 Å². The van der Waals surface area contributed by atoms with Crippen LogP contribution in [0.5, 0.6) is 0 Å². The molecule has 0 aromatic rings. The maximum absolute atomic E-state index is 5.82. The zero-order chi connectivity index (χ0) is 9.97. The lowest BCUT2D eigenvalue weighted by atomic mass is 10.1. The van der Waals surface area contributed by atoms with Crippen molar-refractivity contribution in [3.8, 4) is 0 Å². The highest BCUT2D eigenvalue weighted by Crippen LogP contribution is 2.20. The summed E-state index contributed by atoms with van der Waals surface area (Å²) in [5.74, 6) is 1.04. The molecule has 1 aliphatic carbocycles. The van der Waals surface area contributed by atoms with E-state index in [1.807, 2.05) is 6.08 Å². The molecular formula is C12H18NO. The molecule has 0 aromatic heterocycles. The molecule has 2 aliphatic rings. The van der Waals surface area contributed by atoms with Crippen LogP contribution in [0.4, 0.5) is 0 Å². The van der Waals surface area contributed by atoms with Crippen molar-refractivity contribution in [1.29, 1.82) is 0 Å². The summed E-state index contributed by atoms with van der Waals surface area (Å²) in [5.41, 5.74) is 0. The summed E-state index contributed by atoms with van der Waals surface area (Å²) >= 11 is 0. The molecule has 1 saturated heterocycles.